The molecule has 2 aromatic rings. The number of anilines is 1. The largest absolute Gasteiger partial charge is 0.383 e. The van der Waals surface area contributed by atoms with Crippen LogP contribution in [0.5, 0.6) is 0 Å². The SMILES string of the molecule is Cc1cc(C(O)c2cnc(N)s2)ccc1F. The zero-order valence-electron chi connectivity index (χ0n) is 8.64. The van der Waals surface area contributed by atoms with E-state index in [0.717, 1.165) is 0 Å². The number of benzene rings is 1. The van der Waals surface area contributed by atoms with Crippen molar-refractivity contribution in [2.45, 2.75) is 13.0 Å². The van der Waals surface area contributed by atoms with Gasteiger partial charge in [-0.15, -0.1) is 0 Å². The van der Waals surface area contributed by atoms with Gasteiger partial charge in [-0.05, 0) is 24.1 Å². The van der Waals surface area contributed by atoms with E-state index in [4.69, 9.17) is 5.73 Å². The number of hydrogen-bond donors (Lipinski definition) is 2. The average Bonchev–Trinajstić information content (AvgIpc) is 2.68. The molecule has 1 heterocycles. The normalized spacial score (nSPS) is 12.7. The summed E-state index contributed by atoms with van der Waals surface area (Å²) in [6.07, 6.45) is 0.734. The van der Waals surface area contributed by atoms with Gasteiger partial charge in [0.25, 0.3) is 0 Å². The molecule has 0 bridgehead atoms. The van der Waals surface area contributed by atoms with Crippen LogP contribution in [-0.4, -0.2) is 10.1 Å². The standard InChI is InChI=1S/C11H11FN2OS/c1-6-4-7(2-3-8(6)12)10(15)9-5-14-11(13)16-9/h2-5,10,15H,1H3,(H2,13,14). The van der Waals surface area contributed by atoms with Gasteiger partial charge in [0.15, 0.2) is 5.13 Å². The number of nitrogens with zero attached hydrogens (tertiary/aromatic N) is 1. The molecule has 2 rings (SSSR count). The van der Waals surface area contributed by atoms with Crippen LogP contribution >= 0.6 is 11.3 Å². The Morgan fingerprint density at radius 3 is 2.81 bits per heavy atom. The molecule has 1 unspecified atom stereocenters. The summed E-state index contributed by atoms with van der Waals surface area (Å²) < 4.78 is 13.1. The van der Waals surface area contributed by atoms with E-state index >= 15 is 0 Å². The van der Waals surface area contributed by atoms with Gasteiger partial charge in [-0.3, -0.25) is 0 Å². The van der Waals surface area contributed by atoms with Gasteiger partial charge in [0.1, 0.15) is 11.9 Å². The molecule has 16 heavy (non-hydrogen) atoms. The number of aromatic nitrogens is 1. The molecule has 1 atom stereocenters. The summed E-state index contributed by atoms with van der Waals surface area (Å²) in [7, 11) is 0. The molecule has 0 spiro atoms. The monoisotopic (exact) mass is 238 g/mol. The Labute approximate surface area is 96.4 Å². The lowest BCUT2D eigenvalue weighted by Crippen LogP contribution is -1.98. The first-order chi connectivity index (χ1) is 7.58. The lowest BCUT2D eigenvalue weighted by molar-refractivity contribution is 0.223. The number of nitrogen functional groups attached to an aromatic ring is 1. The average molecular weight is 238 g/mol. The Kier molecular flexibility index (Phi) is 2.89. The van der Waals surface area contributed by atoms with Crippen LogP contribution in [0.25, 0.3) is 0 Å². The summed E-state index contributed by atoms with van der Waals surface area (Å²) in [6.45, 7) is 1.66. The van der Waals surface area contributed by atoms with Crippen molar-refractivity contribution >= 4 is 16.5 Å². The minimum atomic E-state index is -0.797. The lowest BCUT2D eigenvalue weighted by atomic mass is 10.1. The number of aryl methyl sites for hydroxylation is 1. The van der Waals surface area contributed by atoms with Crippen molar-refractivity contribution in [1.82, 2.24) is 4.98 Å². The molecule has 84 valence electrons. The van der Waals surface area contributed by atoms with Crippen molar-refractivity contribution in [3.63, 3.8) is 0 Å². The van der Waals surface area contributed by atoms with Crippen LogP contribution in [0, 0.1) is 12.7 Å². The number of halogens is 1. The highest BCUT2D eigenvalue weighted by Crippen LogP contribution is 2.28. The summed E-state index contributed by atoms with van der Waals surface area (Å²) in [5, 5.41) is 10.4. The van der Waals surface area contributed by atoms with Crippen LogP contribution in [0.2, 0.25) is 0 Å². The highest BCUT2D eigenvalue weighted by molar-refractivity contribution is 7.15. The fraction of sp³-hybridized carbons (Fsp3) is 0.182. The van der Waals surface area contributed by atoms with Crippen LogP contribution in [0.15, 0.2) is 24.4 Å². The molecule has 0 saturated heterocycles. The van der Waals surface area contributed by atoms with Crippen LogP contribution in [0.4, 0.5) is 9.52 Å². The van der Waals surface area contributed by atoms with Gasteiger partial charge in [-0.25, -0.2) is 9.37 Å². The van der Waals surface area contributed by atoms with Crippen LogP contribution < -0.4 is 5.73 Å². The summed E-state index contributed by atoms with van der Waals surface area (Å²) in [4.78, 5) is 4.52. The highest BCUT2D eigenvalue weighted by atomic mass is 32.1. The number of hydrogen-bond acceptors (Lipinski definition) is 4. The van der Waals surface area contributed by atoms with Crippen molar-refractivity contribution in [2.24, 2.45) is 0 Å². The minimum absolute atomic E-state index is 0.278. The molecule has 0 aliphatic rings. The second-order valence-corrected chi connectivity index (χ2v) is 4.61. The molecule has 0 fully saturated rings. The predicted molar refractivity (Wildman–Crippen MR) is 61.7 cm³/mol. The fourth-order valence-corrected chi connectivity index (χ4v) is 2.13. The van der Waals surface area contributed by atoms with Crippen LogP contribution in [-0.2, 0) is 0 Å². The van der Waals surface area contributed by atoms with E-state index in [9.17, 15) is 9.50 Å². The van der Waals surface area contributed by atoms with E-state index in [-0.39, 0.29) is 5.82 Å². The molecule has 0 radical (unpaired) electrons. The molecule has 5 heteroatoms. The molecule has 1 aromatic heterocycles. The number of thiazole rings is 1. The molecule has 3 N–H and O–H groups in total. The molecule has 0 aliphatic heterocycles. The number of nitrogens with two attached hydrogens (primary N) is 1. The van der Waals surface area contributed by atoms with Gasteiger partial charge in [0, 0.05) is 6.20 Å². The van der Waals surface area contributed by atoms with E-state index in [1.54, 1.807) is 19.1 Å². The van der Waals surface area contributed by atoms with Gasteiger partial charge in [0.2, 0.25) is 0 Å². The second-order valence-electron chi connectivity index (χ2n) is 3.51. The topological polar surface area (TPSA) is 59.1 Å². The smallest absolute Gasteiger partial charge is 0.180 e. The molecule has 0 saturated carbocycles. The molecule has 1 aromatic carbocycles. The van der Waals surface area contributed by atoms with E-state index in [0.29, 0.717) is 21.1 Å². The van der Waals surface area contributed by atoms with E-state index in [2.05, 4.69) is 4.98 Å². The number of aliphatic hydroxyl groups is 1. The Balaban J connectivity index is 2.33. The Hall–Kier alpha value is -1.46. The lowest BCUT2D eigenvalue weighted by Gasteiger charge is -2.09. The minimum Gasteiger partial charge on any atom is -0.383 e. The van der Waals surface area contributed by atoms with Crippen LogP contribution in [0.3, 0.4) is 0 Å². The summed E-state index contributed by atoms with van der Waals surface area (Å²) in [5.41, 5.74) is 6.63. The van der Waals surface area contributed by atoms with Gasteiger partial charge < -0.3 is 10.8 Å². The maximum Gasteiger partial charge on any atom is 0.180 e. The van der Waals surface area contributed by atoms with Crippen molar-refractivity contribution < 1.29 is 9.50 Å². The van der Waals surface area contributed by atoms with Gasteiger partial charge >= 0.3 is 0 Å². The van der Waals surface area contributed by atoms with Crippen molar-refractivity contribution in [3.8, 4) is 0 Å². The predicted octanol–water partition coefficient (Wildman–Crippen LogP) is 2.25. The quantitative estimate of drug-likeness (QED) is 0.843. The first-order valence-electron chi connectivity index (χ1n) is 4.73. The summed E-state index contributed by atoms with van der Waals surface area (Å²) >= 11 is 1.22. The second kappa shape index (κ2) is 4.19. The third-order valence-corrected chi connectivity index (χ3v) is 3.19. The number of rotatable bonds is 2. The van der Waals surface area contributed by atoms with Crippen molar-refractivity contribution in [1.29, 1.82) is 0 Å². The maximum atomic E-state index is 13.1. The fourth-order valence-electron chi connectivity index (χ4n) is 1.43. The van der Waals surface area contributed by atoms with Crippen LogP contribution in [0.1, 0.15) is 22.1 Å². The van der Waals surface area contributed by atoms with Crippen molar-refractivity contribution in [2.75, 3.05) is 5.73 Å². The molecule has 0 aliphatic carbocycles. The van der Waals surface area contributed by atoms with Crippen molar-refractivity contribution in [3.05, 3.63) is 46.2 Å². The highest BCUT2D eigenvalue weighted by Gasteiger charge is 2.14. The zero-order chi connectivity index (χ0) is 11.7. The Morgan fingerprint density at radius 1 is 1.50 bits per heavy atom. The first-order valence-corrected chi connectivity index (χ1v) is 5.55. The Bertz CT molecular complexity index is 512. The molecular weight excluding hydrogens is 227 g/mol. The number of aliphatic hydroxyl groups excluding tert-OH is 1. The third kappa shape index (κ3) is 2.05. The Morgan fingerprint density at radius 2 is 2.25 bits per heavy atom. The van der Waals surface area contributed by atoms with E-state index in [1.165, 1.54) is 23.6 Å². The van der Waals surface area contributed by atoms with E-state index in [1.807, 2.05) is 0 Å². The van der Waals surface area contributed by atoms with Gasteiger partial charge in [0.05, 0.1) is 4.88 Å². The van der Waals surface area contributed by atoms with Gasteiger partial charge in [-0.1, -0.05) is 23.5 Å². The van der Waals surface area contributed by atoms with Gasteiger partial charge in [-0.2, -0.15) is 0 Å². The first kappa shape index (κ1) is 11.0. The summed E-state index contributed by atoms with van der Waals surface area (Å²) in [5.74, 6) is -0.278. The molecule has 0 amide bonds. The maximum absolute atomic E-state index is 13.1. The third-order valence-electron chi connectivity index (χ3n) is 2.31. The molecular formula is C11H11FN2OS. The van der Waals surface area contributed by atoms with E-state index < -0.39 is 6.10 Å². The summed E-state index contributed by atoms with van der Waals surface area (Å²) in [6, 6.07) is 4.52. The molecule has 3 nitrogen and oxygen atoms in total. The zero-order valence-corrected chi connectivity index (χ0v) is 9.46.